The molecule has 2 aromatic heterocycles. The molecule has 1 aliphatic heterocycles. The number of hydrogen-bond acceptors (Lipinski definition) is 5. The standard InChI is InChI=1S/C27H24N4O3/c1-31-25(22-9-5-6-14-29-22)24(30-27(31)20-12-10-19(11-13-20)26(28)32)23-17-33-16-21(34-23)15-18-7-3-2-4-8-18/h2-3,5-7,9-14,16-17H,4,8,15H2,1H3,(H2,28,32). The zero-order chi connectivity index (χ0) is 23.5. The average molecular weight is 453 g/mol. The fourth-order valence-corrected chi connectivity index (χ4v) is 4.07. The van der Waals surface area contributed by atoms with E-state index in [2.05, 4.69) is 23.2 Å². The molecule has 0 bridgehead atoms. The number of allylic oxidation sites excluding steroid dienone is 4. The number of rotatable bonds is 6. The van der Waals surface area contributed by atoms with Crippen molar-refractivity contribution < 1.29 is 14.3 Å². The highest BCUT2D eigenvalue weighted by Gasteiger charge is 2.25. The molecule has 0 fully saturated rings. The van der Waals surface area contributed by atoms with Gasteiger partial charge in [0.2, 0.25) is 5.91 Å². The van der Waals surface area contributed by atoms with Crippen LogP contribution in [-0.2, 0) is 16.5 Å². The molecule has 1 aromatic carbocycles. The number of nitrogens with zero attached hydrogens (tertiary/aromatic N) is 3. The molecule has 3 aromatic rings. The van der Waals surface area contributed by atoms with Crippen LogP contribution < -0.4 is 5.73 Å². The Morgan fingerprint density at radius 2 is 2.00 bits per heavy atom. The normalized spacial score (nSPS) is 15.0. The van der Waals surface area contributed by atoms with Crippen LogP contribution in [0.2, 0.25) is 0 Å². The first-order valence-electron chi connectivity index (χ1n) is 11.1. The molecule has 2 N–H and O–H groups in total. The van der Waals surface area contributed by atoms with E-state index in [0.717, 1.165) is 35.6 Å². The number of hydrogen-bond donors (Lipinski definition) is 1. The second-order valence-corrected chi connectivity index (χ2v) is 8.12. The molecular weight excluding hydrogens is 428 g/mol. The molecule has 5 rings (SSSR count). The molecule has 0 spiro atoms. The molecule has 7 nitrogen and oxygen atoms in total. The van der Waals surface area contributed by atoms with E-state index in [1.54, 1.807) is 30.9 Å². The number of carbonyl (C=O) groups excluding carboxylic acids is 1. The van der Waals surface area contributed by atoms with Crippen LogP contribution in [-0.4, -0.2) is 20.4 Å². The molecule has 170 valence electrons. The van der Waals surface area contributed by atoms with E-state index < -0.39 is 5.91 Å². The van der Waals surface area contributed by atoms with Crippen LogP contribution >= 0.6 is 0 Å². The highest BCUT2D eigenvalue weighted by Crippen LogP contribution is 2.36. The van der Waals surface area contributed by atoms with Crippen molar-refractivity contribution in [2.75, 3.05) is 0 Å². The van der Waals surface area contributed by atoms with Crippen LogP contribution in [0, 0.1) is 0 Å². The third kappa shape index (κ3) is 4.28. The van der Waals surface area contributed by atoms with E-state index >= 15 is 0 Å². The number of aromatic nitrogens is 3. The van der Waals surface area contributed by atoms with Crippen LogP contribution in [0.1, 0.15) is 35.3 Å². The molecule has 1 aliphatic carbocycles. The smallest absolute Gasteiger partial charge is 0.248 e. The van der Waals surface area contributed by atoms with Crippen LogP contribution in [0.25, 0.3) is 28.5 Å². The molecule has 0 atom stereocenters. The van der Waals surface area contributed by atoms with Crippen LogP contribution in [0.15, 0.2) is 90.7 Å². The average Bonchev–Trinajstić information content (AvgIpc) is 3.22. The molecule has 0 saturated carbocycles. The highest BCUT2D eigenvalue weighted by atomic mass is 16.5. The number of nitrogens with two attached hydrogens (primary N) is 1. The summed E-state index contributed by atoms with van der Waals surface area (Å²) in [6, 6.07) is 12.8. The Balaban J connectivity index is 1.53. The molecule has 7 heteroatoms. The molecule has 0 radical (unpaired) electrons. The summed E-state index contributed by atoms with van der Waals surface area (Å²) in [4.78, 5) is 20.9. The third-order valence-electron chi connectivity index (χ3n) is 5.78. The maximum atomic E-state index is 11.5. The molecule has 0 unspecified atom stereocenters. The first-order chi connectivity index (χ1) is 16.6. The van der Waals surface area contributed by atoms with E-state index in [4.69, 9.17) is 20.2 Å². The van der Waals surface area contributed by atoms with Gasteiger partial charge in [0.25, 0.3) is 0 Å². The summed E-state index contributed by atoms with van der Waals surface area (Å²) in [5.74, 6) is 1.47. The number of primary amides is 1. The number of imidazole rings is 1. The van der Waals surface area contributed by atoms with Crippen molar-refractivity contribution in [3.05, 3.63) is 102 Å². The number of carbonyl (C=O) groups is 1. The van der Waals surface area contributed by atoms with Crippen molar-refractivity contribution in [2.24, 2.45) is 12.8 Å². The Hall–Kier alpha value is -4.39. The molecule has 3 heterocycles. The van der Waals surface area contributed by atoms with Gasteiger partial charge in [0.15, 0.2) is 5.76 Å². The Kier molecular flexibility index (Phi) is 5.82. The molecule has 1 amide bonds. The maximum absolute atomic E-state index is 11.5. The first kappa shape index (κ1) is 21.5. The lowest BCUT2D eigenvalue weighted by molar-refractivity contribution is 0.100. The zero-order valence-corrected chi connectivity index (χ0v) is 18.8. The predicted molar refractivity (Wildman–Crippen MR) is 130 cm³/mol. The number of benzene rings is 1. The fourth-order valence-electron chi connectivity index (χ4n) is 4.07. The van der Waals surface area contributed by atoms with Crippen LogP contribution in [0.3, 0.4) is 0 Å². The molecule has 2 aliphatic rings. The van der Waals surface area contributed by atoms with Gasteiger partial charge in [-0.25, -0.2) is 4.98 Å². The summed E-state index contributed by atoms with van der Waals surface area (Å²) < 4.78 is 13.9. The minimum Gasteiger partial charge on any atom is -0.465 e. The second-order valence-electron chi connectivity index (χ2n) is 8.12. The SMILES string of the molecule is Cn1c(-c2ccc(C(N)=O)cc2)nc(C2=COC=C(CC3=CC=CCC3)O2)c1-c1ccccn1. The van der Waals surface area contributed by atoms with Gasteiger partial charge in [-0.1, -0.05) is 42.0 Å². The summed E-state index contributed by atoms with van der Waals surface area (Å²) in [6.45, 7) is 0. The zero-order valence-electron chi connectivity index (χ0n) is 18.8. The number of ether oxygens (including phenoxy) is 2. The van der Waals surface area contributed by atoms with Crippen LogP contribution in [0.5, 0.6) is 0 Å². The Labute approximate surface area is 197 Å². The topological polar surface area (TPSA) is 92.3 Å². The monoisotopic (exact) mass is 452 g/mol. The maximum Gasteiger partial charge on any atom is 0.248 e. The van der Waals surface area contributed by atoms with E-state index in [-0.39, 0.29) is 0 Å². The minimum atomic E-state index is -0.470. The van der Waals surface area contributed by atoms with Gasteiger partial charge in [-0.3, -0.25) is 9.78 Å². The van der Waals surface area contributed by atoms with Crippen molar-refractivity contribution in [1.29, 1.82) is 0 Å². The number of pyridine rings is 1. The van der Waals surface area contributed by atoms with Gasteiger partial charge in [0.05, 0.1) is 11.4 Å². The summed E-state index contributed by atoms with van der Waals surface area (Å²) in [5, 5.41) is 0. The quantitative estimate of drug-likeness (QED) is 0.562. The predicted octanol–water partition coefficient (Wildman–Crippen LogP) is 5.10. The Morgan fingerprint density at radius 3 is 2.71 bits per heavy atom. The Morgan fingerprint density at radius 1 is 1.15 bits per heavy atom. The van der Waals surface area contributed by atoms with Gasteiger partial charge >= 0.3 is 0 Å². The van der Waals surface area contributed by atoms with Gasteiger partial charge in [-0.2, -0.15) is 0 Å². The van der Waals surface area contributed by atoms with E-state index in [1.165, 1.54) is 5.57 Å². The van der Waals surface area contributed by atoms with Crippen molar-refractivity contribution in [3.63, 3.8) is 0 Å². The number of amides is 1. The third-order valence-corrected chi connectivity index (χ3v) is 5.78. The van der Waals surface area contributed by atoms with Gasteiger partial charge < -0.3 is 19.8 Å². The van der Waals surface area contributed by atoms with Gasteiger partial charge in [-0.15, -0.1) is 0 Å². The highest BCUT2D eigenvalue weighted by molar-refractivity contribution is 5.93. The van der Waals surface area contributed by atoms with Gasteiger partial charge in [-0.05, 0) is 37.1 Å². The molecule has 0 saturated heterocycles. The molecule has 34 heavy (non-hydrogen) atoms. The van der Waals surface area contributed by atoms with E-state index in [0.29, 0.717) is 29.3 Å². The fraction of sp³-hybridized carbons (Fsp3) is 0.148. The van der Waals surface area contributed by atoms with Crippen molar-refractivity contribution >= 4 is 11.7 Å². The van der Waals surface area contributed by atoms with Crippen LogP contribution in [0.4, 0.5) is 0 Å². The lowest BCUT2D eigenvalue weighted by atomic mass is 10.0. The second kappa shape index (κ2) is 9.23. The van der Waals surface area contributed by atoms with E-state index in [1.807, 2.05) is 41.9 Å². The van der Waals surface area contributed by atoms with Crippen molar-refractivity contribution in [3.8, 4) is 22.8 Å². The lowest BCUT2D eigenvalue weighted by Crippen LogP contribution is -2.10. The van der Waals surface area contributed by atoms with Gasteiger partial charge in [0, 0.05) is 30.8 Å². The first-order valence-corrected chi connectivity index (χ1v) is 11.1. The van der Waals surface area contributed by atoms with E-state index in [9.17, 15) is 4.79 Å². The minimum absolute atomic E-state index is 0.441. The summed E-state index contributed by atoms with van der Waals surface area (Å²) >= 11 is 0. The Bertz CT molecular complexity index is 1350. The summed E-state index contributed by atoms with van der Waals surface area (Å²) in [6.07, 6.45) is 14.0. The summed E-state index contributed by atoms with van der Waals surface area (Å²) in [7, 11) is 1.93. The molecular formula is C27H24N4O3. The largest absolute Gasteiger partial charge is 0.465 e. The van der Waals surface area contributed by atoms with Gasteiger partial charge in [0.1, 0.15) is 29.8 Å². The lowest BCUT2D eigenvalue weighted by Gasteiger charge is -2.18. The van der Waals surface area contributed by atoms with Crippen molar-refractivity contribution in [1.82, 2.24) is 14.5 Å². The summed E-state index contributed by atoms with van der Waals surface area (Å²) in [5.41, 5.74) is 10.1. The van der Waals surface area contributed by atoms with Crippen molar-refractivity contribution in [2.45, 2.75) is 19.3 Å².